The van der Waals surface area contributed by atoms with E-state index >= 15 is 0 Å². The molecule has 0 aromatic heterocycles. The summed E-state index contributed by atoms with van der Waals surface area (Å²) in [5.74, 6) is 0.310. The average Bonchev–Trinajstić information content (AvgIpc) is 2.70. The minimum absolute atomic E-state index is 0.281. The first-order chi connectivity index (χ1) is 7.56. The molecule has 16 heavy (non-hydrogen) atoms. The van der Waals surface area contributed by atoms with Crippen molar-refractivity contribution in [3.63, 3.8) is 0 Å². The SMILES string of the molecule is CC(CCN)S(=O)(=O)CCCN1CCCC1. The summed E-state index contributed by atoms with van der Waals surface area (Å²) in [6.07, 6.45) is 3.86. The fourth-order valence-corrected chi connectivity index (χ4v) is 3.54. The van der Waals surface area contributed by atoms with E-state index in [1.54, 1.807) is 6.92 Å². The molecule has 0 aromatic rings. The molecule has 0 spiro atoms. The van der Waals surface area contributed by atoms with Crippen molar-refractivity contribution in [1.29, 1.82) is 0 Å². The summed E-state index contributed by atoms with van der Waals surface area (Å²) in [7, 11) is -2.92. The van der Waals surface area contributed by atoms with E-state index in [1.165, 1.54) is 12.8 Å². The monoisotopic (exact) mass is 248 g/mol. The van der Waals surface area contributed by atoms with Crippen molar-refractivity contribution in [3.8, 4) is 0 Å². The lowest BCUT2D eigenvalue weighted by Gasteiger charge is -2.16. The normalized spacial score (nSPS) is 20.1. The third-order valence-corrected chi connectivity index (χ3v) is 5.61. The lowest BCUT2D eigenvalue weighted by Crippen LogP contribution is -2.27. The molecule has 0 radical (unpaired) electrons. The first-order valence-electron chi connectivity index (χ1n) is 6.20. The third-order valence-electron chi connectivity index (χ3n) is 3.29. The Balaban J connectivity index is 2.24. The molecule has 0 aliphatic carbocycles. The Morgan fingerprint density at radius 3 is 2.50 bits per heavy atom. The van der Waals surface area contributed by atoms with Crippen LogP contribution in [0.2, 0.25) is 0 Å². The van der Waals surface area contributed by atoms with Crippen LogP contribution in [0.25, 0.3) is 0 Å². The Hall–Kier alpha value is -0.130. The fraction of sp³-hybridized carbons (Fsp3) is 1.00. The van der Waals surface area contributed by atoms with Gasteiger partial charge in [-0.3, -0.25) is 0 Å². The highest BCUT2D eigenvalue weighted by Crippen LogP contribution is 2.10. The van der Waals surface area contributed by atoms with Crippen LogP contribution in [-0.2, 0) is 9.84 Å². The van der Waals surface area contributed by atoms with Gasteiger partial charge in [0.15, 0.2) is 9.84 Å². The maximum atomic E-state index is 11.8. The molecule has 0 saturated carbocycles. The van der Waals surface area contributed by atoms with Gasteiger partial charge in [0.2, 0.25) is 0 Å². The van der Waals surface area contributed by atoms with Crippen LogP contribution in [0.3, 0.4) is 0 Å². The molecule has 1 rings (SSSR count). The van der Waals surface area contributed by atoms with Gasteiger partial charge in [-0.05, 0) is 58.8 Å². The second-order valence-electron chi connectivity index (χ2n) is 4.66. The molecular formula is C11H24N2O2S. The highest BCUT2D eigenvalue weighted by atomic mass is 32.2. The lowest BCUT2D eigenvalue weighted by atomic mass is 10.3. The summed E-state index contributed by atoms with van der Waals surface area (Å²) in [6.45, 7) is 5.41. The first-order valence-corrected chi connectivity index (χ1v) is 7.92. The van der Waals surface area contributed by atoms with Crippen molar-refractivity contribution in [2.75, 3.05) is 31.9 Å². The van der Waals surface area contributed by atoms with Crippen LogP contribution in [0.4, 0.5) is 0 Å². The third kappa shape index (κ3) is 4.39. The fourth-order valence-electron chi connectivity index (χ4n) is 2.11. The Bertz CT molecular complexity index is 284. The Labute approximate surface area is 99.1 Å². The smallest absolute Gasteiger partial charge is 0.152 e. The number of nitrogens with zero attached hydrogens (tertiary/aromatic N) is 1. The van der Waals surface area contributed by atoms with E-state index in [-0.39, 0.29) is 5.25 Å². The summed E-state index contributed by atoms with van der Waals surface area (Å²) in [6, 6.07) is 0. The highest BCUT2D eigenvalue weighted by Gasteiger charge is 2.20. The minimum Gasteiger partial charge on any atom is -0.330 e. The molecule has 1 atom stereocenters. The van der Waals surface area contributed by atoms with E-state index in [2.05, 4.69) is 4.90 Å². The van der Waals surface area contributed by atoms with Gasteiger partial charge in [0, 0.05) is 0 Å². The number of hydrogen-bond donors (Lipinski definition) is 1. The van der Waals surface area contributed by atoms with Crippen LogP contribution >= 0.6 is 0 Å². The van der Waals surface area contributed by atoms with Crippen LogP contribution < -0.4 is 5.73 Å². The van der Waals surface area contributed by atoms with Gasteiger partial charge in [-0.25, -0.2) is 8.42 Å². The molecule has 1 aliphatic heterocycles. The summed E-state index contributed by atoms with van der Waals surface area (Å²) in [4.78, 5) is 2.35. The molecule has 96 valence electrons. The number of rotatable bonds is 7. The number of sulfone groups is 1. The van der Waals surface area contributed by atoms with Gasteiger partial charge in [0.25, 0.3) is 0 Å². The van der Waals surface area contributed by atoms with Crippen molar-refractivity contribution in [1.82, 2.24) is 4.90 Å². The van der Waals surface area contributed by atoms with Gasteiger partial charge >= 0.3 is 0 Å². The van der Waals surface area contributed by atoms with E-state index in [4.69, 9.17) is 5.73 Å². The van der Waals surface area contributed by atoms with E-state index in [9.17, 15) is 8.42 Å². The van der Waals surface area contributed by atoms with E-state index in [0.717, 1.165) is 26.1 Å². The molecule has 2 N–H and O–H groups in total. The summed E-state index contributed by atoms with van der Waals surface area (Å²) >= 11 is 0. The zero-order valence-electron chi connectivity index (χ0n) is 10.2. The van der Waals surface area contributed by atoms with Crippen LogP contribution in [0, 0.1) is 0 Å². The number of hydrogen-bond acceptors (Lipinski definition) is 4. The van der Waals surface area contributed by atoms with Crippen molar-refractivity contribution < 1.29 is 8.42 Å². The van der Waals surface area contributed by atoms with Crippen molar-refractivity contribution >= 4 is 9.84 Å². The van der Waals surface area contributed by atoms with Crippen LogP contribution in [0.1, 0.15) is 32.6 Å². The molecule has 4 nitrogen and oxygen atoms in total. The highest BCUT2D eigenvalue weighted by molar-refractivity contribution is 7.91. The Morgan fingerprint density at radius 1 is 1.31 bits per heavy atom. The molecule has 1 fully saturated rings. The molecule has 0 bridgehead atoms. The summed E-state index contributed by atoms with van der Waals surface area (Å²) in [5, 5.41) is -0.281. The molecule has 1 aliphatic rings. The van der Waals surface area contributed by atoms with Crippen LogP contribution in [0.15, 0.2) is 0 Å². The molecule has 0 amide bonds. The van der Waals surface area contributed by atoms with Crippen LogP contribution in [-0.4, -0.2) is 50.5 Å². The van der Waals surface area contributed by atoms with Crippen molar-refractivity contribution in [2.45, 2.75) is 37.9 Å². The van der Waals surface area contributed by atoms with Crippen LogP contribution in [0.5, 0.6) is 0 Å². The summed E-state index contributed by atoms with van der Waals surface area (Å²) in [5.41, 5.74) is 5.38. The molecule has 0 aromatic carbocycles. The Morgan fingerprint density at radius 2 is 1.94 bits per heavy atom. The number of nitrogens with two attached hydrogens (primary N) is 1. The zero-order chi connectivity index (χ0) is 12.0. The molecule has 1 saturated heterocycles. The van der Waals surface area contributed by atoms with Crippen molar-refractivity contribution in [3.05, 3.63) is 0 Å². The van der Waals surface area contributed by atoms with Gasteiger partial charge in [-0.1, -0.05) is 0 Å². The average molecular weight is 248 g/mol. The standard InChI is InChI=1S/C11H24N2O2S/c1-11(5-6-12)16(14,15)10-4-9-13-7-2-3-8-13/h11H,2-10,12H2,1H3. The minimum atomic E-state index is -2.92. The van der Waals surface area contributed by atoms with Gasteiger partial charge in [0.05, 0.1) is 11.0 Å². The van der Waals surface area contributed by atoms with E-state index in [0.29, 0.717) is 18.7 Å². The topological polar surface area (TPSA) is 63.4 Å². The van der Waals surface area contributed by atoms with E-state index < -0.39 is 9.84 Å². The van der Waals surface area contributed by atoms with E-state index in [1.807, 2.05) is 0 Å². The first kappa shape index (κ1) is 13.9. The second kappa shape index (κ2) is 6.57. The number of likely N-dealkylation sites (tertiary alicyclic amines) is 1. The summed E-state index contributed by atoms with van der Waals surface area (Å²) < 4.78 is 23.6. The maximum absolute atomic E-state index is 11.8. The molecule has 5 heteroatoms. The second-order valence-corrected chi connectivity index (χ2v) is 7.20. The molecular weight excluding hydrogens is 224 g/mol. The van der Waals surface area contributed by atoms with Gasteiger partial charge < -0.3 is 10.6 Å². The zero-order valence-corrected chi connectivity index (χ0v) is 11.0. The van der Waals surface area contributed by atoms with Gasteiger partial charge in [-0.2, -0.15) is 0 Å². The molecule has 1 heterocycles. The molecule has 1 unspecified atom stereocenters. The predicted molar refractivity (Wildman–Crippen MR) is 67.2 cm³/mol. The predicted octanol–water partition coefficient (Wildman–Crippen LogP) is 0.624. The largest absolute Gasteiger partial charge is 0.330 e. The van der Waals surface area contributed by atoms with Gasteiger partial charge in [-0.15, -0.1) is 0 Å². The van der Waals surface area contributed by atoms with Crippen molar-refractivity contribution in [2.24, 2.45) is 5.73 Å². The lowest BCUT2D eigenvalue weighted by molar-refractivity contribution is 0.339. The van der Waals surface area contributed by atoms with Gasteiger partial charge in [0.1, 0.15) is 0 Å². The Kier molecular flexibility index (Phi) is 5.72. The quantitative estimate of drug-likeness (QED) is 0.717. The maximum Gasteiger partial charge on any atom is 0.152 e.